The van der Waals surface area contributed by atoms with E-state index >= 15 is 0 Å². The summed E-state index contributed by atoms with van der Waals surface area (Å²) in [5.41, 5.74) is 3.56. The van der Waals surface area contributed by atoms with E-state index in [0.717, 1.165) is 12.1 Å². The largest absolute Gasteiger partial charge is 0.478 e. The average Bonchev–Trinajstić information content (AvgIpc) is 2.26. The van der Waals surface area contributed by atoms with Crippen LogP contribution in [0.25, 0.3) is 0 Å². The maximum atomic E-state index is 13.6. The van der Waals surface area contributed by atoms with E-state index in [1.807, 2.05) is 0 Å². The molecule has 0 aromatic heterocycles. The van der Waals surface area contributed by atoms with Crippen molar-refractivity contribution in [3.63, 3.8) is 0 Å². The Hall–Kier alpha value is -1.99. The zero-order chi connectivity index (χ0) is 13.2. The number of carbonyl (C=O) groups excluding carboxylic acids is 1. The van der Waals surface area contributed by atoms with Crippen LogP contribution in [0, 0.1) is 5.82 Å². The molecule has 2 atom stereocenters. The van der Waals surface area contributed by atoms with Gasteiger partial charge in [0.05, 0.1) is 5.56 Å². The molecule has 0 aliphatic rings. The summed E-state index contributed by atoms with van der Waals surface area (Å²) in [5, 5.41) is 27.3. The molecule has 0 fully saturated rings. The fourth-order valence-corrected chi connectivity index (χ4v) is 1.27. The van der Waals surface area contributed by atoms with Crippen molar-refractivity contribution in [2.45, 2.75) is 12.2 Å². The first-order chi connectivity index (χ1) is 7.86. The third kappa shape index (κ3) is 2.58. The molecule has 6 nitrogen and oxygen atoms in total. The van der Waals surface area contributed by atoms with Gasteiger partial charge in [0, 0.05) is 5.56 Å². The first-order valence-corrected chi connectivity index (χ1v) is 4.53. The second-order valence-electron chi connectivity index (χ2n) is 3.31. The number of primary amides is 1. The Labute approximate surface area is 95.1 Å². The smallest absolute Gasteiger partial charge is 0.338 e. The van der Waals surface area contributed by atoms with Crippen LogP contribution in [0.15, 0.2) is 18.2 Å². The van der Waals surface area contributed by atoms with Crippen molar-refractivity contribution in [3.8, 4) is 0 Å². The minimum absolute atomic E-state index is 0.504. The number of aromatic carboxylic acids is 1. The number of carboxylic acid groups (broad SMARTS) is 1. The molecule has 17 heavy (non-hydrogen) atoms. The number of nitrogens with two attached hydrogens (primary N) is 1. The number of rotatable bonds is 4. The Morgan fingerprint density at radius 1 is 1.29 bits per heavy atom. The quantitative estimate of drug-likeness (QED) is 0.562. The van der Waals surface area contributed by atoms with Gasteiger partial charge in [-0.05, 0) is 6.07 Å². The van der Waals surface area contributed by atoms with Crippen LogP contribution in [-0.2, 0) is 4.79 Å². The highest BCUT2D eigenvalue weighted by molar-refractivity contribution is 5.88. The molecule has 5 N–H and O–H groups in total. The second-order valence-corrected chi connectivity index (χ2v) is 3.31. The highest BCUT2D eigenvalue weighted by atomic mass is 19.1. The van der Waals surface area contributed by atoms with E-state index in [1.54, 1.807) is 0 Å². The van der Waals surface area contributed by atoms with Gasteiger partial charge in [0.2, 0.25) is 5.91 Å². The van der Waals surface area contributed by atoms with Crippen molar-refractivity contribution in [1.82, 2.24) is 0 Å². The topological polar surface area (TPSA) is 121 Å². The molecule has 7 heteroatoms. The second kappa shape index (κ2) is 4.89. The summed E-state index contributed by atoms with van der Waals surface area (Å²) in [4.78, 5) is 21.2. The lowest BCUT2D eigenvalue weighted by molar-refractivity contribution is -0.132. The highest BCUT2D eigenvalue weighted by Gasteiger charge is 2.27. The predicted molar refractivity (Wildman–Crippen MR) is 53.5 cm³/mol. The number of aliphatic hydroxyl groups excluding tert-OH is 2. The van der Waals surface area contributed by atoms with E-state index < -0.39 is 41.0 Å². The van der Waals surface area contributed by atoms with Crippen molar-refractivity contribution in [3.05, 3.63) is 35.1 Å². The molecule has 2 unspecified atom stereocenters. The average molecular weight is 243 g/mol. The lowest BCUT2D eigenvalue weighted by Crippen LogP contribution is -2.34. The fraction of sp³-hybridized carbons (Fsp3) is 0.200. The number of hydrogen-bond donors (Lipinski definition) is 4. The number of amides is 1. The summed E-state index contributed by atoms with van der Waals surface area (Å²) in [7, 11) is 0. The van der Waals surface area contributed by atoms with Gasteiger partial charge in [-0.15, -0.1) is 0 Å². The van der Waals surface area contributed by atoms with Gasteiger partial charge in [-0.1, -0.05) is 12.1 Å². The van der Waals surface area contributed by atoms with Gasteiger partial charge < -0.3 is 21.1 Å². The standard InChI is InChI=1S/C10H10FNO5/c11-6-4(7(13)8(14)9(12)15)2-1-3-5(6)10(16)17/h1-3,7-8,13-14H,(H2,12,15)(H,16,17). The molecule has 1 aromatic rings. The van der Waals surface area contributed by atoms with Crippen molar-refractivity contribution >= 4 is 11.9 Å². The maximum absolute atomic E-state index is 13.6. The number of hydrogen-bond acceptors (Lipinski definition) is 4. The predicted octanol–water partition coefficient (Wildman–Crippen LogP) is -0.597. The van der Waals surface area contributed by atoms with Crippen molar-refractivity contribution in [2.24, 2.45) is 5.73 Å². The van der Waals surface area contributed by atoms with E-state index in [9.17, 15) is 19.1 Å². The van der Waals surface area contributed by atoms with Crippen LogP contribution in [0.4, 0.5) is 4.39 Å². The minimum Gasteiger partial charge on any atom is -0.478 e. The van der Waals surface area contributed by atoms with Gasteiger partial charge in [0.15, 0.2) is 6.10 Å². The summed E-state index contributed by atoms with van der Waals surface area (Å²) < 4.78 is 13.6. The van der Waals surface area contributed by atoms with Crippen LogP contribution in [0.2, 0.25) is 0 Å². The summed E-state index contributed by atoms with van der Waals surface area (Å²) in [6.45, 7) is 0. The molecule has 1 amide bonds. The van der Waals surface area contributed by atoms with E-state index in [4.69, 9.17) is 15.9 Å². The minimum atomic E-state index is -2.01. The molecule has 0 saturated carbocycles. The van der Waals surface area contributed by atoms with Gasteiger partial charge in [-0.2, -0.15) is 0 Å². The number of halogens is 1. The molecule has 0 heterocycles. The first kappa shape index (κ1) is 13.1. The molecule has 0 bridgehead atoms. The Bertz CT molecular complexity index is 462. The molecule has 1 aromatic carbocycles. The molecule has 92 valence electrons. The fourth-order valence-electron chi connectivity index (χ4n) is 1.27. The van der Waals surface area contributed by atoms with Gasteiger partial charge >= 0.3 is 5.97 Å². The molecule has 0 radical (unpaired) electrons. The summed E-state index contributed by atoms with van der Waals surface area (Å²) >= 11 is 0. The first-order valence-electron chi connectivity index (χ1n) is 4.53. The Kier molecular flexibility index (Phi) is 3.77. The Morgan fingerprint density at radius 2 is 1.88 bits per heavy atom. The highest BCUT2D eigenvalue weighted by Crippen LogP contribution is 2.22. The molecule has 0 saturated heterocycles. The van der Waals surface area contributed by atoms with Gasteiger partial charge in [-0.25, -0.2) is 9.18 Å². The van der Waals surface area contributed by atoms with E-state index in [2.05, 4.69) is 0 Å². The molecular formula is C10H10FNO5. The van der Waals surface area contributed by atoms with Crippen LogP contribution in [0.5, 0.6) is 0 Å². The third-order valence-corrected chi connectivity index (χ3v) is 2.17. The van der Waals surface area contributed by atoms with Gasteiger partial charge in [-0.3, -0.25) is 4.79 Å². The molecule has 0 aliphatic carbocycles. The van der Waals surface area contributed by atoms with E-state index in [0.29, 0.717) is 0 Å². The Balaban J connectivity index is 3.19. The molecular weight excluding hydrogens is 233 g/mol. The SMILES string of the molecule is NC(=O)C(O)C(O)c1cccc(C(=O)O)c1F. The third-order valence-electron chi connectivity index (χ3n) is 2.17. The number of carboxylic acids is 1. The molecule has 0 aliphatic heterocycles. The summed E-state index contributed by atoms with van der Waals surface area (Å²) in [6.07, 6.45) is -3.92. The van der Waals surface area contributed by atoms with Crippen LogP contribution < -0.4 is 5.73 Å². The van der Waals surface area contributed by atoms with Gasteiger partial charge in [0.25, 0.3) is 0 Å². The van der Waals surface area contributed by atoms with Gasteiger partial charge in [0.1, 0.15) is 11.9 Å². The van der Waals surface area contributed by atoms with Crippen molar-refractivity contribution in [1.29, 1.82) is 0 Å². The number of benzene rings is 1. The Morgan fingerprint density at radius 3 is 2.35 bits per heavy atom. The molecule has 0 spiro atoms. The normalized spacial score (nSPS) is 14.1. The lowest BCUT2D eigenvalue weighted by atomic mass is 10.0. The lowest BCUT2D eigenvalue weighted by Gasteiger charge is -2.16. The zero-order valence-electron chi connectivity index (χ0n) is 8.50. The van der Waals surface area contributed by atoms with Crippen LogP contribution in [-0.4, -0.2) is 33.3 Å². The van der Waals surface area contributed by atoms with Crippen molar-refractivity contribution in [2.75, 3.05) is 0 Å². The summed E-state index contributed by atoms with van der Waals surface area (Å²) in [6, 6.07) is 3.22. The van der Waals surface area contributed by atoms with Crippen LogP contribution in [0.1, 0.15) is 22.0 Å². The number of aliphatic hydroxyl groups is 2. The number of carbonyl (C=O) groups is 2. The zero-order valence-corrected chi connectivity index (χ0v) is 8.50. The van der Waals surface area contributed by atoms with E-state index in [-0.39, 0.29) is 0 Å². The van der Waals surface area contributed by atoms with E-state index in [1.165, 1.54) is 6.07 Å². The molecule has 1 rings (SSSR count). The monoisotopic (exact) mass is 243 g/mol. The van der Waals surface area contributed by atoms with Crippen molar-refractivity contribution < 1.29 is 29.3 Å². The summed E-state index contributed by atoms with van der Waals surface area (Å²) in [5.74, 6) is -3.98. The maximum Gasteiger partial charge on any atom is 0.338 e. The van der Waals surface area contributed by atoms with Crippen LogP contribution >= 0.6 is 0 Å². The van der Waals surface area contributed by atoms with Crippen LogP contribution in [0.3, 0.4) is 0 Å².